The molecule has 1 aliphatic heterocycles. The summed E-state index contributed by atoms with van der Waals surface area (Å²) in [6.07, 6.45) is 7.06. The fourth-order valence-electron chi connectivity index (χ4n) is 1.56. The third-order valence-corrected chi connectivity index (χ3v) is 2.28. The number of hydrogen-bond donors (Lipinski definition) is 2. The van der Waals surface area contributed by atoms with Gasteiger partial charge in [0.15, 0.2) is 0 Å². The third-order valence-electron chi connectivity index (χ3n) is 2.28. The van der Waals surface area contributed by atoms with Crippen LogP contribution < -0.4 is 0 Å². The summed E-state index contributed by atoms with van der Waals surface area (Å²) in [5.41, 5.74) is 0. The van der Waals surface area contributed by atoms with Gasteiger partial charge in [0, 0.05) is 7.11 Å². The van der Waals surface area contributed by atoms with Gasteiger partial charge in [0.1, 0.15) is 0 Å². The highest BCUT2D eigenvalue weighted by atomic mass is 16.3. The van der Waals surface area contributed by atoms with Crippen molar-refractivity contribution in [3.8, 4) is 0 Å². The number of aliphatic hydroxyl groups excluding tert-OH is 1. The molecule has 0 radical (unpaired) electrons. The number of aliphatic hydroxyl groups is 1. The van der Waals surface area contributed by atoms with Gasteiger partial charge in [-0.3, -0.25) is 4.79 Å². The standard InChI is InChI=1S/C9H19N.CH2O2.CH4O/c1-2-3-7-10-8-5-4-6-9-10;2-1-3;1-2/h2-9H2,1H3;1H,(H,2,3);2H,1H3. The molecule has 4 heteroatoms. The van der Waals surface area contributed by atoms with Crippen molar-refractivity contribution in [2.45, 2.75) is 39.0 Å². The van der Waals surface area contributed by atoms with E-state index >= 15 is 0 Å². The molecule has 1 heterocycles. The summed E-state index contributed by atoms with van der Waals surface area (Å²) in [5.74, 6) is 0. The van der Waals surface area contributed by atoms with Gasteiger partial charge >= 0.3 is 0 Å². The zero-order chi connectivity index (χ0) is 11.9. The van der Waals surface area contributed by atoms with Gasteiger partial charge in [-0.1, -0.05) is 19.8 Å². The monoisotopic (exact) mass is 219 g/mol. The van der Waals surface area contributed by atoms with Gasteiger partial charge < -0.3 is 15.1 Å². The van der Waals surface area contributed by atoms with Crippen molar-refractivity contribution < 1.29 is 15.0 Å². The molecule has 0 saturated carbocycles. The van der Waals surface area contributed by atoms with Gasteiger partial charge in [0.25, 0.3) is 6.47 Å². The zero-order valence-corrected chi connectivity index (χ0v) is 9.98. The Kier molecular flexibility index (Phi) is 17.8. The molecule has 4 nitrogen and oxygen atoms in total. The third kappa shape index (κ3) is 13.4. The zero-order valence-electron chi connectivity index (χ0n) is 9.98. The number of carboxylic acid groups (broad SMARTS) is 1. The number of likely N-dealkylation sites (tertiary alicyclic amines) is 1. The topological polar surface area (TPSA) is 60.8 Å². The highest BCUT2D eigenvalue weighted by molar-refractivity contribution is 5.32. The van der Waals surface area contributed by atoms with Crippen LogP contribution in [-0.4, -0.2) is 48.3 Å². The van der Waals surface area contributed by atoms with Crippen LogP contribution in [-0.2, 0) is 4.79 Å². The lowest BCUT2D eigenvalue weighted by atomic mass is 10.1. The molecule has 0 aromatic carbocycles. The van der Waals surface area contributed by atoms with Crippen LogP contribution in [0.15, 0.2) is 0 Å². The van der Waals surface area contributed by atoms with Crippen LogP contribution in [0.1, 0.15) is 39.0 Å². The number of unbranched alkanes of at least 4 members (excludes halogenated alkanes) is 1. The van der Waals surface area contributed by atoms with E-state index in [0.717, 1.165) is 7.11 Å². The van der Waals surface area contributed by atoms with E-state index in [-0.39, 0.29) is 6.47 Å². The quantitative estimate of drug-likeness (QED) is 0.707. The Morgan fingerprint density at radius 1 is 1.20 bits per heavy atom. The van der Waals surface area contributed by atoms with Gasteiger partial charge in [-0.25, -0.2) is 0 Å². The van der Waals surface area contributed by atoms with Crippen molar-refractivity contribution in [1.29, 1.82) is 0 Å². The van der Waals surface area contributed by atoms with Gasteiger partial charge in [-0.2, -0.15) is 0 Å². The van der Waals surface area contributed by atoms with Crippen LogP contribution in [0, 0.1) is 0 Å². The number of carbonyl (C=O) groups is 1. The molecule has 0 unspecified atom stereocenters. The van der Waals surface area contributed by atoms with Crippen LogP contribution in [0.25, 0.3) is 0 Å². The maximum Gasteiger partial charge on any atom is 0.290 e. The molecule has 1 saturated heterocycles. The summed E-state index contributed by atoms with van der Waals surface area (Å²) >= 11 is 0. The van der Waals surface area contributed by atoms with Crippen molar-refractivity contribution in [2.24, 2.45) is 0 Å². The van der Waals surface area contributed by atoms with Crippen molar-refractivity contribution in [3.05, 3.63) is 0 Å². The minimum Gasteiger partial charge on any atom is -0.483 e. The van der Waals surface area contributed by atoms with Crippen LogP contribution in [0.2, 0.25) is 0 Å². The van der Waals surface area contributed by atoms with Crippen LogP contribution in [0.3, 0.4) is 0 Å². The second-order valence-electron chi connectivity index (χ2n) is 3.36. The Morgan fingerprint density at radius 2 is 1.67 bits per heavy atom. The first kappa shape index (κ1) is 16.8. The smallest absolute Gasteiger partial charge is 0.290 e. The molecule has 0 aromatic rings. The lowest BCUT2D eigenvalue weighted by Gasteiger charge is -2.25. The molecule has 0 aromatic heterocycles. The molecule has 0 bridgehead atoms. The number of piperidine rings is 1. The molecule has 0 amide bonds. The lowest BCUT2D eigenvalue weighted by Crippen LogP contribution is -2.30. The molecule has 2 N–H and O–H groups in total. The lowest BCUT2D eigenvalue weighted by molar-refractivity contribution is -0.122. The first-order valence-corrected chi connectivity index (χ1v) is 5.60. The number of nitrogens with zero attached hydrogens (tertiary/aromatic N) is 1. The van der Waals surface area contributed by atoms with Gasteiger partial charge in [-0.05, 0) is 38.9 Å². The Labute approximate surface area is 92.9 Å². The minimum atomic E-state index is -0.250. The van der Waals surface area contributed by atoms with E-state index in [1.54, 1.807) is 0 Å². The predicted octanol–water partition coefficient (Wildman–Crippen LogP) is 1.58. The summed E-state index contributed by atoms with van der Waals surface area (Å²) in [5, 5.41) is 13.9. The summed E-state index contributed by atoms with van der Waals surface area (Å²) in [4.78, 5) is 11.0. The maximum atomic E-state index is 8.36. The van der Waals surface area contributed by atoms with E-state index in [2.05, 4.69) is 11.8 Å². The summed E-state index contributed by atoms with van der Waals surface area (Å²) in [6.45, 7) is 6.08. The molecule has 1 rings (SSSR count). The van der Waals surface area contributed by atoms with E-state index in [4.69, 9.17) is 15.0 Å². The average Bonchev–Trinajstić information content (AvgIpc) is 2.31. The molecule has 1 fully saturated rings. The van der Waals surface area contributed by atoms with Crippen molar-refractivity contribution in [1.82, 2.24) is 4.90 Å². The molecular formula is C11H25NO3. The van der Waals surface area contributed by atoms with E-state index in [0.29, 0.717) is 0 Å². The largest absolute Gasteiger partial charge is 0.483 e. The molecule has 1 aliphatic rings. The van der Waals surface area contributed by atoms with Crippen LogP contribution >= 0.6 is 0 Å². The average molecular weight is 219 g/mol. The second kappa shape index (κ2) is 15.8. The molecule has 15 heavy (non-hydrogen) atoms. The van der Waals surface area contributed by atoms with Crippen molar-refractivity contribution in [3.63, 3.8) is 0 Å². The van der Waals surface area contributed by atoms with Gasteiger partial charge in [0.05, 0.1) is 0 Å². The Balaban J connectivity index is 0. The van der Waals surface area contributed by atoms with E-state index in [9.17, 15) is 0 Å². The molecule has 0 atom stereocenters. The molecule has 92 valence electrons. The highest BCUT2D eigenvalue weighted by Crippen LogP contribution is 2.08. The first-order valence-electron chi connectivity index (χ1n) is 5.60. The van der Waals surface area contributed by atoms with Crippen LogP contribution in [0.5, 0.6) is 0 Å². The summed E-state index contributed by atoms with van der Waals surface area (Å²) in [7, 11) is 1.00. The van der Waals surface area contributed by atoms with E-state index in [1.807, 2.05) is 0 Å². The second-order valence-corrected chi connectivity index (χ2v) is 3.36. The molecule has 0 aliphatic carbocycles. The fourth-order valence-corrected chi connectivity index (χ4v) is 1.56. The Hall–Kier alpha value is -0.610. The molecular weight excluding hydrogens is 194 g/mol. The molecule has 0 spiro atoms. The highest BCUT2D eigenvalue weighted by Gasteiger charge is 2.07. The van der Waals surface area contributed by atoms with Gasteiger partial charge in [-0.15, -0.1) is 0 Å². The normalized spacial score (nSPS) is 15.4. The van der Waals surface area contributed by atoms with E-state index in [1.165, 1.54) is 51.7 Å². The SMILES string of the molecule is CCCCN1CCCCC1.CO.O=CO. The summed E-state index contributed by atoms with van der Waals surface area (Å²) < 4.78 is 0. The fraction of sp³-hybridized carbons (Fsp3) is 0.909. The number of rotatable bonds is 3. The Morgan fingerprint density at radius 3 is 2.07 bits per heavy atom. The Bertz CT molecular complexity index is 114. The number of hydrogen-bond acceptors (Lipinski definition) is 3. The van der Waals surface area contributed by atoms with E-state index < -0.39 is 0 Å². The minimum absolute atomic E-state index is 0.250. The summed E-state index contributed by atoms with van der Waals surface area (Å²) in [6, 6.07) is 0. The predicted molar refractivity (Wildman–Crippen MR) is 62.0 cm³/mol. The van der Waals surface area contributed by atoms with Crippen molar-refractivity contribution >= 4 is 6.47 Å². The van der Waals surface area contributed by atoms with Crippen molar-refractivity contribution in [2.75, 3.05) is 26.7 Å². The maximum absolute atomic E-state index is 8.36. The van der Waals surface area contributed by atoms with Gasteiger partial charge in [0.2, 0.25) is 0 Å². The first-order chi connectivity index (χ1) is 7.35. The van der Waals surface area contributed by atoms with Crippen LogP contribution in [0.4, 0.5) is 0 Å².